The first kappa shape index (κ1) is 19.6. The molecule has 3 aliphatic heterocycles. The number of nitrogens with zero attached hydrogens (tertiary/aromatic N) is 2. The standard InChI is InChI=1S/C21H26ClN3O2S/c1-3-13(2)25-19(27)21(18(26)23-20(25)28)12-14-15(22)8-7-9-16(14)24-11-6-4-5-10-17(21)24/h7-9,13,17H,3-6,10-12H2,1-2H3,(H,23,26,28)/t13-,17-,21+/m1/s1. The summed E-state index contributed by atoms with van der Waals surface area (Å²) >= 11 is 11.9. The maximum absolute atomic E-state index is 13.9. The molecule has 1 aromatic rings. The van der Waals surface area contributed by atoms with Gasteiger partial charge in [0.05, 0.1) is 6.04 Å². The van der Waals surface area contributed by atoms with Crippen LogP contribution in [0.15, 0.2) is 18.2 Å². The predicted octanol–water partition coefficient (Wildman–Crippen LogP) is 3.67. The first-order valence-electron chi connectivity index (χ1n) is 10.1. The molecule has 1 spiro atoms. The molecule has 2 fully saturated rings. The van der Waals surface area contributed by atoms with Gasteiger partial charge in [0, 0.05) is 29.7 Å². The zero-order chi connectivity index (χ0) is 20.1. The molecule has 0 saturated carbocycles. The van der Waals surface area contributed by atoms with Crippen LogP contribution in [0.4, 0.5) is 5.69 Å². The van der Waals surface area contributed by atoms with Gasteiger partial charge in [0.1, 0.15) is 0 Å². The van der Waals surface area contributed by atoms with Gasteiger partial charge in [0.25, 0.3) is 0 Å². The number of fused-ring (bicyclic) bond motifs is 4. The van der Waals surface area contributed by atoms with Crippen molar-refractivity contribution in [3.63, 3.8) is 0 Å². The lowest BCUT2D eigenvalue weighted by Gasteiger charge is -2.53. The summed E-state index contributed by atoms with van der Waals surface area (Å²) in [6.45, 7) is 4.83. The summed E-state index contributed by atoms with van der Waals surface area (Å²) in [5.41, 5.74) is 0.769. The van der Waals surface area contributed by atoms with Crippen molar-refractivity contribution in [2.24, 2.45) is 5.41 Å². The highest BCUT2D eigenvalue weighted by Gasteiger charge is 2.61. The molecule has 2 saturated heterocycles. The highest BCUT2D eigenvalue weighted by Crippen LogP contribution is 2.49. The van der Waals surface area contributed by atoms with Gasteiger partial charge < -0.3 is 10.2 Å². The van der Waals surface area contributed by atoms with Crippen LogP contribution in [0.5, 0.6) is 0 Å². The van der Waals surface area contributed by atoms with E-state index in [9.17, 15) is 9.59 Å². The molecule has 3 aliphatic rings. The first-order chi connectivity index (χ1) is 13.4. The van der Waals surface area contributed by atoms with Gasteiger partial charge in [-0.05, 0) is 56.1 Å². The molecule has 7 heteroatoms. The number of hydrogen-bond acceptors (Lipinski definition) is 4. The lowest BCUT2D eigenvalue weighted by molar-refractivity contribution is -0.153. The van der Waals surface area contributed by atoms with Crippen molar-refractivity contribution in [2.75, 3.05) is 11.4 Å². The molecule has 0 aliphatic carbocycles. The number of thiocarbonyl (C=S) groups is 1. The van der Waals surface area contributed by atoms with Crippen LogP contribution < -0.4 is 10.2 Å². The van der Waals surface area contributed by atoms with Gasteiger partial charge in [-0.15, -0.1) is 0 Å². The van der Waals surface area contributed by atoms with Gasteiger partial charge in [-0.3, -0.25) is 14.5 Å². The fourth-order valence-electron chi connectivity index (χ4n) is 5.00. The maximum Gasteiger partial charge on any atom is 0.247 e. The molecule has 5 nitrogen and oxygen atoms in total. The van der Waals surface area contributed by atoms with E-state index in [0.29, 0.717) is 11.4 Å². The third kappa shape index (κ3) is 2.76. The van der Waals surface area contributed by atoms with E-state index in [1.165, 1.54) is 0 Å². The molecule has 1 aromatic carbocycles. The smallest absolute Gasteiger partial charge is 0.247 e. The van der Waals surface area contributed by atoms with Gasteiger partial charge >= 0.3 is 0 Å². The first-order valence-corrected chi connectivity index (χ1v) is 10.9. The Balaban J connectivity index is 1.90. The largest absolute Gasteiger partial charge is 0.367 e. The summed E-state index contributed by atoms with van der Waals surface area (Å²) in [4.78, 5) is 31.2. The van der Waals surface area contributed by atoms with Crippen LogP contribution in [-0.2, 0) is 16.0 Å². The SMILES string of the molecule is CC[C@@H](C)N1C(=O)[C@]2(Cc3c(Cl)cccc3N3CCCCC[C@@H]32)C(=O)NC1=S. The quantitative estimate of drug-likeness (QED) is 0.587. The van der Waals surface area contributed by atoms with Gasteiger partial charge in [-0.2, -0.15) is 0 Å². The molecule has 150 valence electrons. The number of anilines is 1. The Morgan fingerprint density at radius 1 is 1.32 bits per heavy atom. The fourth-order valence-corrected chi connectivity index (χ4v) is 5.59. The Hall–Kier alpha value is -1.66. The molecule has 1 N–H and O–H groups in total. The monoisotopic (exact) mass is 419 g/mol. The van der Waals surface area contributed by atoms with Crippen molar-refractivity contribution in [3.05, 3.63) is 28.8 Å². The van der Waals surface area contributed by atoms with Crippen LogP contribution in [0.3, 0.4) is 0 Å². The van der Waals surface area contributed by atoms with Crippen LogP contribution in [0.2, 0.25) is 5.02 Å². The van der Waals surface area contributed by atoms with Crippen LogP contribution >= 0.6 is 23.8 Å². The summed E-state index contributed by atoms with van der Waals surface area (Å²) in [5.74, 6) is -0.442. The van der Waals surface area contributed by atoms with Crippen molar-refractivity contribution in [1.29, 1.82) is 0 Å². The Bertz CT molecular complexity index is 845. The van der Waals surface area contributed by atoms with Crippen molar-refractivity contribution in [3.8, 4) is 0 Å². The number of amides is 2. The molecule has 28 heavy (non-hydrogen) atoms. The second-order valence-corrected chi connectivity index (χ2v) is 8.93. The molecule has 3 heterocycles. The molecule has 4 rings (SSSR count). The van der Waals surface area contributed by atoms with E-state index in [1.807, 2.05) is 26.0 Å². The Morgan fingerprint density at radius 2 is 2.11 bits per heavy atom. The highest BCUT2D eigenvalue weighted by molar-refractivity contribution is 7.80. The van der Waals surface area contributed by atoms with Crippen LogP contribution in [0.25, 0.3) is 0 Å². The van der Waals surface area contributed by atoms with E-state index in [1.54, 1.807) is 4.90 Å². The van der Waals surface area contributed by atoms with Crippen molar-refractivity contribution >= 4 is 46.4 Å². The molecular weight excluding hydrogens is 394 g/mol. The summed E-state index contributed by atoms with van der Waals surface area (Å²) in [7, 11) is 0. The lowest BCUT2D eigenvalue weighted by atomic mass is 9.67. The summed E-state index contributed by atoms with van der Waals surface area (Å²) in [6, 6.07) is 5.61. The third-order valence-electron chi connectivity index (χ3n) is 6.66. The summed E-state index contributed by atoms with van der Waals surface area (Å²) in [5, 5.41) is 3.70. The summed E-state index contributed by atoms with van der Waals surface area (Å²) in [6.07, 6.45) is 5.05. The van der Waals surface area contributed by atoms with Gasteiger partial charge in [-0.25, -0.2) is 0 Å². The number of nitrogens with one attached hydrogen (secondary N) is 1. The summed E-state index contributed by atoms with van der Waals surface area (Å²) < 4.78 is 0. The predicted molar refractivity (Wildman–Crippen MR) is 115 cm³/mol. The maximum atomic E-state index is 13.9. The van der Waals surface area contributed by atoms with E-state index < -0.39 is 5.41 Å². The lowest BCUT2D eigenvalue weighted by Crippen LogP contribution is -2.73. The average molecular weight is 420 g/mol. The third-order valence-corrected chi connectivity index (χ3v) is 7.31. The van der Waals surface area contributed by atoms with Crippen molar-refractivity contribution < 1.29 is 9.59 Å². The second kappa shape index (κ2) is 7.30. The Labute approximate surface area is 176 Å². The van der Waals surface area contributed by atoms with Gasteiger partial charge in [0.2, 0.25) is 11.8 Å². The number of halogens is 1. The molecule has 0 unspecified atom stereocenters. The van der Waals surface area contributed by atoms with Crippen molar-refractivity contribution in [1.82, 2.24) is 10.2 Å². The zero-order valence-electron chi connectivity index (χ0n) is 16.3. The minimum Gasteiger partial charge on any atom is -0.367 e. The highest BCUT2D eigenvalue weighted by atomic mass is 35.5. The molecule has 2 amide bonds. The van der Waals surface area contributed by atoms with Gasteiger partial charge in [0.15, 0.2) is 10.5 Å². The van der Waals surface area contributed by atoms with E-state index in [0.717, 1.165) is 49.9 Å². The minimum atomic E-state index is -1.19. The molecule has 0 radical (unpaired) electrons. The fraction of sp³-hybridized carbons (Fsp3) is 0.571. The van der Waals surface area contributed by atoms with Crippen molar-refractivity contribution in [2.45, 2.75) is 64.5 Å². The molecular formula is C21H26ClN3O2S. The zero-order valence-corrected chi connectivity index (χ0v) is 17.9. The van der Waals surface area contributed by atoms with Crippen LogP contribution in [0.1, 0.15) is 51.5 Å². The van der Waals surface area contributed by atoms with Gasteiger partial charge in [-0.1, -0.05) is 37.4 Å². The number of rotatable bonds is 2. The number of benzene rings is 1. The Kier molecular flexibility index (Phi) is 5.12. The second-order valence-electron chi connectivity index (χ2n) is 8.14. The number of carbonyl (C=O) groups is 2. The van der Waals surface area contributed by atoms with Crippen LogP contribution in [-0.4, -0.2) is 40.5 Å². The van der Waals surface area contributed by atoms with E-state index in [-0.39, 0.29) is 29.0 Å². The molecule has 0 aromatic heterocycles. The minimum absolute atomic E-state index is 0.0654. The normalized spacial score (nSPS) is 28.5. The molecule has 3 atom stereocenters. The molecule has 0 bridgehead atoms. The topological polar surface area (TPSA) is 52.7 Å². The van der Waals surface area contributed by atoms with Crippen LogP contribution in [0, 0.1) is 5.41 Å². The number of hydrogen-bond donors (Lipinski definition) is 1. The van der Waals surface area contributed by atoms with E-state index in [2.05, 4.69) is 16.3 Å². The Morgan fingerprint density at radius 3 is 2.86 bits per heavy atom. The van der Waals surface area contributed by atoms with E-state index >= 15 is 0 Å². The average Bonchev–Trinajstić information content (AvgIpc) is 2.93. The number of carbonyl (C=O) groups excluding carboxylic acids is 2. The van der Waals surface area contributed by atoms with E-state index in [4.69, 9.17) is 23.8 Å².